The van der Waals surface area contributed by atoms with Gasteiger partial charge in [-0.25, -0.2) is 4.39 Å². The number of aliphatic hydroxyl groups excluding tert-OH is 1. The summed E-state index contributed by atoms with van der Waals surface area (Å²) in [5.74, 6) is 0.196. The predicted octanol–water partition coefficient (Wildman–Crippen LogP) is 4.45. The van der Waals surface area contributed by atoms with E-state index in [0.717, 1.165) is 24.8 Å². The van der Waals surface area contributed by atoms with E-state index in [2.05, 4.69) is 29.8 Å². The summed E-state index contributed by atoms with van der Waals surface area (Å²) in [7, 11) is 0. The molecule has 16 heavy (non-hydrogen) atoms. The van der Waals surface area contributed by atoms with Crippen molar-refractivity contribution in [2.75, 3.05) is 0 Å². The number of benzene rings is 1. The second kappa shape index (κ2) is 6.36. The molecule has 1 aromatic rings. The molecule has 1 aromatic carbocycles. The Morgan fingerprint density at radius 1 is 1.44 bits per heavy atom. The summed E-state index contributed by atoms with van der Waals surface area (Å²) in [6.45, 7) is 4.27. The quantitative estimate of drug-likeness (QED) is 0.849. The maximum Gasteiger partial charge on any atom is 0.137 e. The minimum atomic E-state index is -0.501. The van der Waals surface area contributed by atoms with Crippen molar-refractivity contribution >= 4 is 15.9 Å². The van der Waals surface area contributed by atoms with Gasteiger partial charge in [0.2, 0.25) is 0 Å². The molecule has 1 nitrogen and oxygen atoms in total. The van der Waals surface area contributed by atoms with Crippen molar-refractivity contribution in [2.24, 2.45) is 5.92 Å². The summed E-state index contributed by atoms with van der Waals surface area (Å²) in [5.41, 5.74) is 0.774. The van der Waals surface area contributed by atoms with Crippen LogP contribution in [-0.2, 0) is 0 Å². The molecule has 0 radical (unpaired) electrons. The van der Waals surface area contributed by atoms with Crippen molar-refractivity contribution in [1.29, 1.82) is 0 Å². The molecule has 90 valence electrons. The lowest BCUT2D eigenvalue weighted by Crippen LogP contribution is -2.04. The zero-order chi connectivity index (χ0) is 12.1. The summed E-state index contributed by atoms with van der Waals surface area (Å²) >= 11 is 3.13. The van der Waals surface area contributed by atoms with Crippen molar-refractivity contribution in [3.63, 3.8) is 0 Å². The van der Waals surface area contributed by atoms with Crippen molar-refractivity contribution in [2.45, 2.75) is 39.2 Å². The van der Waals surface area contributed by atoms with Crippen molar-refractivity contribution in [1.82, 2.24) is 0 Å². The molecule has 3 heteroatoms. The van der Waals surface area contributed by atoms with Gasteiger partial charge in [-0.3, -0.25) is 0 Å². The van der Waals surface area contributed by atoms with Crippen LogP contribution in [0.2, 0.25) is 0 Å². The van der Waals surface area contributed by atoms with Crippen molar-refractivity contribution in [3.8, 4) is 0 Å². The Hall–Kier alpha value is -0.410. The summed E-state index contributed by atoms with van der Waals surface area (Å²) < 4.78 is 13.4. The Kier molecular flexibility index (Phi) is 5.42. The highest BCUT2D eigenvalue weighted by Gasteiger charge is 2.13. The Balaban J connectivity index is 2.65. The highest BCUT2D eigenvalue weighted by Crippen LogP contribution is 2.26. The van der Waals surface area contributed by atoms with Crippen LogP contribution in [0.1, 0.15) is 44.8 Å². The molecule has 2 atom stereocenters. The Morgan fingerprint density at radius 2 is 2.12 bits per heavy atom. The van der Waals surface area contributed by atoms with Crippen LogP contribution in [-0.4, -0.2) is 5.11 Å². The molecule has 0 amide bonds. The fourth-order valence-corrected chi connectivity index (χ4v) is 2.24. The van der Waals surface area contributed by atoms with Crippen molar-refractivity contribution in [3.05, 3.63) is 34.1 Å². The molecule has 0 saturated heterocycles. The van der Waals surface area contributed by atoms with E-state index in [9.17, 15) is 9.50 Å². The second-order valence-corrected chi connectivity index (χ2v) is 5.17. The van der Waals surface area contributed by atoms with Crippen LogP contribution >= 0.6 is 15.9 Å². The molecule has 0 aliphatic rings. The van der Waals surface area contributed by atoms with Gasteiger partial charge in [0, 0.05) is 0 Å². The standard InChI is InChI=1S/C13H18BrFO/c1-3-4-9(2)7-13(16)10-5-6-12(15)11(14)8-10/h5-6,8-9,13,16H,3-4,7H2,1-2H3. The minimum absolute atomic E-state index is 0.294. The molecule has 1 N–H and O–H groups in total. The van der Waals surface area contributed by atoms with Gasteiger partial charge in [0.25, 0.3) is 0 Å². The summed E-state index contributed by atoms with van der Waals surface area (Å²) in [6.07, 6.45) is 2.46. The zero-order valence-electron chi connectivity index (χ0n) is 9.71. The molecule has 0 saturated carbocycles. The van der Waals surface area contributed by atoms with E-state index in [1.807, 2.05) is 0 Å². The maximum atomic E-state index is 13.0. The van der Waals surface area contributed by atoms with Crippen LogP contribution in [0.4, 0.5) is 4.39 Å². The molecule has 0 aliphatic carbocycles. The van der Waals surface area contributed by atoms with Gasteiger partial charge in [-0.2, -0.15) is 0 Å². The van der Waals surface area contributed by atoms with Gasteiger partial charge in [-0.05, 0) is 46.0 Å². The van der Waals surface area contributed by atoms with Crippen LogP contribution in [0.25, 0.3) is 0 Å². The van der Waals surface area contributed by atoms with E-state index in [1.165, 1.54) is 6.07 Å². The number of aliphatic hydroxyl groups is 1. The van der Waals surface area contributed by atoms with Crippen LogP contribution < -0.4 is 0 Å². The van der Waals surface area contributed by atoms with Gasteiger partial charge in [0.15, 0.2) is 0 Å². The third-order valence-electron chi connectivity index (χ3n) is 2.74. The highest BCUT2D eigenvalue weighted by atomic mass is 79.9. The van der Waals surface area contributed by atoms with Crippen LogP contribution in [0, 0.1) is 11.7 Å². The molecule has 1 rings (SSSR count). The summed E-state index contributed by atoms with van der Waals surface area (Å²) in [6, 6.07) is 4.68. The summed E-state index contributed by atoms with van der Waals surface area (Å²) in [5, 5.41) is 9.99. The van der Waals surface area contributed by atoms with E-state index in [1.54, 1.807) is 12.1 Å². The van der Waals surface area contributed by atoms with Gasteiger partial charge in [-0.15, -0.1) is 0 Å². The molecule has 0 heterocycles. The average molecular weight is 289 g/mol. The highest BCUT2D eigenvalue weighted by molar-refractivity contribution is 9.10. The lowest BCUT2D eigenvalue weighted by Gasteiger charge is -2.16. The molecular formula is C13H18BrFO. The van der Waals surface area contributed by atoms with Gasteiger partial charge >= 0.3 is 0 Å². The topological polar surface area (TPSA) is 20.2 Å². The normalized spacial score (nSPS) is 14.8. The largest absolute Gasteiger partial charge is 0.388 e. The first-order valence-electron chi connectivity index (χ1n) is 5.67. The molecule has 0 spiro atoms. The van der Waals surface area contributed by atoms with E-state index >= 15 is 0 Å². The van der Waals surface area contributed by atoms with E-state index in [0.29, 0.717) is 10.4 Å². The number of hydrogen-bond donors (Lipinski definition) is 1. The Bertz CT molecular complexity index is 341. The fraction of sp³-hybridized carbons (Fsp3) is 0.538. The lowest BCUT2D eigenvalue weighted by atomic mass is 9.95. The van der Waals surface area contributed by atoms with Crippen LogP contribution in [0.15, 0.2) is 22.7 Å². The van der Waals surface area contributed by atoms with Gasteiger partial charge in [0.1, 0.15) is 5.82 Å². The molecule has 0 fully saturated rings. The lowest BCUT2D eigenvalue weighted by molar-refractivity contribution is 0.145. The summed E-state index contributed by atoms with van der Waals surface area (Å²) in [4.78, 5) is 0. The monoisotopic (exact) mass is 288 g/mol. The SMILES string of the molecule is CCCC(C)CC(O)c1ccc(F)c(Br)c1. The molecule has 0 aliphatic heterocycles. The minimum Gasteiger partial charge on any atom is -0.388 e. The average Bonchev–Trinajstić information content (AvgIpc) is 2.22. The first kappa shape index (κ1) is 13.7. The smallest absolute Gasteiger partial charge is 0.137 e. The molecule has 2 unspecified atom stereocenters. The van der Waals surface area contributed by atoms with E-state index in [4.69, 9.17) is 0 Å². The van der Waals surface area contributed by atoms with Crippen LogP contribution in [0.5, 0.6) is 0 Å². The van der Waals surface area contributed by atoms with E-state index in [-0.39, 0.29) is 5.82 Å². The number of rotatable bonds is 5. The fourth-order valence-electron chi connectivity index (χ4n) is 1.85. The molecule has 0 bridgehead atoms. The predicted molar refractivity (Wildman–Crippen MR) is 67.7 cm³/mol. The van der Waals surface area contributed by atoms with Gasteiger partial charge in [-0.1, -0.05) is 32.8 Å². The van der Waals surface area contributed by atoms with E-state index < -0.39 is 6.10 Å². The third kappa shape index (κ3) is 3.87. The second-order valence-electron chi connectivity index (χ2n) is 4.32. The van der Waals surface area contributed by atoms with Gasteiger partial charge < -0.3 is 5.11 Å². The molecular weight excluding hydrogens is 271 g/mol. The first-order valence-corrected chi connectivity index (χ1v) is 6.47. The third-order valence-corrected chi connectivity index (χ3v) is 3.34. The first-order chi connectivity index (χ1) is 7.54. The number of hydrogen-bond acceptors (Lipinski definition) is 1. The van der Waals surface area contributed by atoms with Gasteiger partial charge in [0.05, 0.1) is 10.6 Å². The van der Waals surface area contributed by atoms with Crippen LogP contribution in [0.3, 0.4) is 0 Å². The number of halogens is 2. The van der Waals surface area contributed by atoms with Crippen molar-refractivity contribution < 1.29 is 9.50 Å². The molecule has 0 aromatic heterocycles. The maximum absolute atomic E-state index is 13.0. The zero-order valence-corrected chi connectivity index (χ0v) is 11.3. The Morgan fingerprint density at radius 3 is 2.69 bits per heavy atom. The Labute approximate surface area is 105 Å².